The number of carbonyl (C=O) groups excluding carboxylic acids is 3. The molecule has 3 rings (SSSR count). The van der Waals surface area contributed by atoms with Gasteiger partial charge in [-0.1, -0.05) is 11.3 Å². The number of urea groups is 1. The number of rotatable bonds is 1. The Morgan fingerprint density at radius 1 is 1.38 bits per heavy atom. The van der Waals surface area contributed by atoms with Gasteiger partial charge in [-0.3, -0.25) is 14.9 Å². The Morgan fingerprint density at radius 3 is 2.52 bits per heavy atom. The van der Waals surface area contributed by atoms with Gasteiger partial charge in [-0.25, -0.2) is 9.78 Å². The summed E-state index contributed by atoms with van der Waals surface area (Å²) in [5, 5.41) is 5.28. The molecule has 9 heteroatoms. The maximum Gasteiger partial charge on any atom is 0.322 e. The second-order valence-electron chi connectivity index (χ2n) is 5.25. The molecule has 3 heterocycles. The van der Waals surface area contributed by atoms with Gasteiger partial charge in [0.2, 0.25) is 0 Å². The largest absolute Gasteiger partial charge is 0.375 e. The normalized spacial score (nSPS) is 20.5. The number of nitrogens with two attached hydrogens (primary N) is 1. The monoisotopic (exact) mass is 309 g/mol. The number of nitrogens with one attached hydrogen (secondary N) is 2. The smallest absolute Gasteiger partial charge is 0.322 e. The van der Waals surface area contributed by atoms with Crippen LogP contribution in [0.3, 0.4) is 0 Å². The third-order valence-corrected chi connectivity index (χ3v) is 4.90. The fourth-order valence-electron chi connectivity index (χ4n) is 2.73. The first-order valence-electron chi connectivity index (χ1n) is 6.57. The summed E-state index contributed by atoms with van der Waals surface area (Å²) in [6.45, 7) is 2.56. The Balaban J connectivity index is 1.71. The highest BCUT2D eigenvalue weighted by Crippen LogP contribution is 2.28. The molecular weight excluding hydrogens is 294 g/mol. The number of hydrogen-bond donors (Lipinski definition) is 3. The number of thiazole rings is 1. The standard InChI is InChI=1S/C12H15N5O3S/c1-6-7(21-10(13)14-6)8(18)17-4-2-12(3-5-17)9(19)15-11(20)16-12/h2-5H2,1H3,(H2,13,14)(H2,15,16,19,20). The van der Waals surface area contributed by atoms with Gasteiger partial charge in [-0.15, -0.1) is 0 Å². The molecule has 1 aromatic heterocycles. The predicted octanol–water partition coefficient (Wildman–Crippen LogP) is -0.152. The maximum absolute atomic E-state index is 12.4. The summed E-state index contributed by atoms with van der Waals surface area (Å²) in [5.41, 5.74) is 5.37. The van der Waals surface area contributed by atoms with Crippen molar-refractivity contribution in [3.05, 3.63) is 10.6 Å². The molecule has 2 aliphatic heterocycles. The third-order valence-electron chi connectivity index (χ3n) is 3.93. The Labute approximate surface area is 124 Å². The van der Waals surface area contributed by atoms with Crippen molar-refractivity contribution in [1.82, 2.24) is 20.5 Å². The van der Waals surface area contributed by atoms with Gasteiger partial charge in [0, 0.05) is 13.1 Å². The van der Waals surface area contributed by atoms with Crippen molar-refractivity contribution in [2.75, 3.05) is 18.8 Å². The highest BCUT2D eigenvalue weighted by molar-refractivity contribution is 7.17. The summed E-state index contributed by atoms with van der Waals surface area (Å²) in [4.78, 5) is 41.8. The van der Waals surface area contributed by atoms with Crippen molar-refractivity contribution < 1.29 is 14.4 Å². The van der Waals surface area contributed by atoms with E-state index in [1.165, 1.54) is 11.3 Å². The number of aromatic nitrogens is 1. The van der Waals surface area contributed by atoms with Crippen molar-refractivity contribution >= 4 is 34.3 Å². The molecule has 0 saturated carbocycles. The molecule has 4 amide bonds. The van der Waals surface area contributed by atoms with Crippen molar-refractivity contribution in [3.63, 3.8) is 0 Å². The summed E-state index contributed by atoms with van der Waals surface area (Å²) >= 11 is 1.17. The van der Waals surface area contributed by atoms with Crippen molar-refractivity contribution in [1.29, 1.82) is 0 Å². The number of piperidine rings is 1. The summed E-state index contributed by atoms with van der Waals surface area (Å²) in [5.74, 6) is -0.431. The molecule has 0 radical (unpaired) electrons. The fourth-order valence-corrected chi connectivity index (χ4v) is 3.53. The number of nitrogens with zero attached hydrogens (tertiary/aromatic N) is 2. The van der Waals surface area contributed by atoms with Crippen LogP contribution in [0, 0.1) is 6.92 Å². The second-order valence-corrected chi connectivity index (χ2v) is 6.28. The number of likely N-dealkylation sites (tertiary alicyclic amines) is 1. The minimum atomic E-state index is -0.865. The van der Waals surface area contributed by atoms with E-state index in [0.29, 0.717) is 41.6 Å². The topological polar surface area (TPSA) is 117 Å². The molecule has 0 aliphatic carbocycles. The third kappa shape index (κ3) is 2.23. The molecule has 1 aromatic rings. The van der Waals surface area contributed by atoms with Gasteiger partial charge >= 0.3 is 6.03 Å². The van der Waals surface area contributed by atoms with E-state index in [1.807, 2.05) is 0 Å². The summed E-state index contributed by atoms with van der Waals surface area (Å²) in [6.07, 6.45) is 0.813. The zero-order valence-corrected chi connectivity index (χ0v) is 12.2. The molecule has 1 spiro atoms. The molecule has 4 N–H and O–H groups in total. The number of aryl methyl sites for hydroxylation is 1. The van der Waals surface area contributed by atoms with Crippen LogP contribution in [0.5, 0.6) is 0 Å². The molecule has 112 valence electrons. The molecule has 2 saturated heterocycles. The molecule has 0 bridgehead atoms. The summed E-state index contributed by atoms with van der Waals surface area (Å²) in [7, 11) is 0. The lowest BCUT2D eigenvalue weighted by Crippen LogP contribution is -2.55. The number of amides is 4. The van der Waals surface area contributed by atoms with Crippen LogP contribution in [0.1, 0.15) is 28.2 Å². The van der Waals surface area contributed by atoms with Crippen LogP contribution in [0.4, 0.5) is 9.93 Å². The Kier molecular flexibility index (Phi) is 3.08. The van der Waals surface area contributed by atoms with Gasteiger partial charge < -0.3 is 16.0 Å². The van der Waals surface area contributed by atoms with Gasteiger partial charge in [0.25, 0.3) is 11.8 Å². The fraction of sp³-hybridized carbons (Fsp3) is 0.500. The van der Waals surface area contributed by atoms with E-state index in [2.05, 4.69) is 15.6 Å². The second kappa shape index (κ2) is 4.69. The van der Waals surface area contributed by atoms with Gasteiger partial charge in [0.05, 0.1) is 5.69 Å². The van der Waals surface area contributed by atoms with Crippen LogP contribution >= 0.6 is 11.3 Å². The Hall–Kier alpha value is -2.16. The van der Waals surface area contributed by atoms with E-state index < -0.39 is 11.6 Å². The number of hydrogen-bond acceptors (Lipinski definition) is 6. The first-order chi connectivity index (χ1) is 9.91. The zero-order valence-electron chi connectivity index (χ0n) is 11.4. The molecule has 2 aliphatic rings. The van der Waals surface area contributed by atoms with Gasteiger partial charge in [0.15, 0.2) is 5.13 Å². The molecule has 0 aromatic carbocycles. The minimum absolute atomic E-state index is 0.124. The van der Waals surface area contributed by atoms with Crippen molar-refractivity contribution in [2.24, 2.45) is 0 Å². The first kappa shape index (κ1) is 13.8. The number of imide groups is 1. The molecule has 0 atom stereocenters. The van der Waals surface area contributed by atoms with Crippen molar-refractivity contribution in [2.45, 2.75) is 25.3 Å². The Bertz CT molecular complexity index is 633. The molecular formula is C12H15N5O3S. The van der Waals surface area contributed by atoms with Crippen LogP contribution in [0.2, 0.25) is 0 Å². The van der Waals surface area contributed by atoms with E-state index in [-0.39, 0.29) is 11.8 Å². The lowest BCUT2D eigenvalue weighted by Gasteiger charge is -2.36. The number of anilines is 1. The summed E-state index contributed by atoms with van der Waals surface area (Å²) in [6, 6.07) is -0.467. The number of nitrogen functional groups attached to an aromatic ring is 1. The van der Waals surface area contributed by atoms with Crippen LogP contribution in [0.15, 0.2) is 0 Å². The molecule has 21 heavy (non-hydrogen) atoms. The van der Waals surface area contributed by atoms with Crippen LogP contribution < -0.4 is 16.4 Å². The Morgan fingerprint density at radius 2 is 2.05 bits per heavy atom. The van der Waals surface area contributed by atoms with Gasteiger partial charge in [-0.05, 0) is 19.8 Å². The average molecular weight is 309 g/mol. The maximum atomic E-state index is 12.4. The lowest BCUT2D eigenvalue weighted by atomic mass is 9.87. The van der Waals surface area contributed by atoms with E-state index in [0.717, 1.165) is 0 Å². The van der Waals surface area contributed by atoms with Crippen LogP contribution in [-0.2, 0) is 4.79 Å². The number of carbonyl (C=O) groups is 3. The van der Waals surface area contributed by atoms with E-state index in [9.17, 15) is 14.4 Å². The summed E-state index contributed by atoms with van der Waals surface area (Å²) < 4.78 is 0. The minimum Gasteiger partial charge on any atom is -0.375 e. The SMILES string of the molecule is Cc1nc(N)sc1C(=O)N1CCC2(CC1)NC(=O)NC2=O. The average Bonchev–Trinajstić information content (AvgIpc) is 2.90. The molecule has 2 fully saturated rings. The van der Waals surface area contributed by atoms with Crippen LogP contribution in [-0.4, -0.2) is 46.4 Å². The highest BCUT2D eigenvalue weighted by atomic mass is 32.1. The highest BCUT2D eigenvalue weighted by Gasteiger charge is 2.48. The quantitative estimate of drug-likeness (QED) is 0.624. The van der Waals surface area contributed by atoms with E-state index in [4.69, 9.17) is 5.73 Å². The van der Waals surface area contributed by atoms with E-state index in [1.54, 1.807) is 11.8 Å². The van der Waals surface area contributed by atoms with Gasteiger partial charge in [-0.2, -0.15) is 0 Å². The van der Waals surface area contributed by atoms with Crippen molar-refractivity contribution in [3.8, 4) is 0 Å². The first-order valence-corrected chi connectivity index (χ1v) is 7.39. The molecule has 0 unspecified atom stereocenters. The van der Waals surface area contributed by atoms with E-state index >= 15 is 0 Å². The van der Waals surface area contributed by atoms with Gasteiger partial charge in [0.1, 0.15) is 10.4 Å². The lowest BCUT2D eigenvalue weighted by molar-refractivity contribution is -0.125. The predicted molar refractivity (Wildman–Crippen MR) is 75.8 cm³/mol. The molecule has 8 nitrogen and oxygen atoms in total. The van der Waals surface area contributed by atoms with Crippen LogP contribution in [0.25, 0.3) is 0 Å². The zero-order chi connectivity index (χ0) is 15.2.